The van der Waals surface area contributed by atoms with Crippen molar-refractivity contribution in [3.8, 4) is 0 Å². The molecule has 82 valence electrons. The lowest BCUT2D eigenvalue weighted by atomic mass is 9.87. The molecular weight excluding hydrogens is 172 g/mol. The molecule has 14 heavy (non-hydrogen) atoms. The number of piperidine rings is 1. The van der Waals surface area contributed by atoms with Crippen molar-refractivity contribution in [3.63, 3.8) is 0 Å². The van der Waals surface area contributed by atoms with Gasteiger partial charge in [0.15, 0.2) is 0 Å². The van der Waals surface area contributed by atoms with E-state index in [1.165, 1.54) is 32.4 Å². The maximum Gasteiger partial charge on any atom is 0.0108 e. The molecule has 0 spiro atoms. The topological polar surface area (TPSA) is 29.3 Å². The van der Waals surface area contributed by atoms with Gasteiger partial charge in [-0.05, 0) is 44.1 Å². The molecule has 0 amide bonds. The fraction of sp³-hybridized carbons (Fsp3) is 1.00. The van der Waals surface area contributed by atoms with E-state index in [2.05, 4.69) is 25.7 Å². The highest BCUT2D eigenvalue weighted by Gasteiger charge is 2.41. The predicted octanol–water partition coefficient (Wildman–Crippen LogP) is 1.84. The van der Waals surface area contributed by atoms with Crippen LogP contribution in [0.5, 0.6) is 0 Å². The first-order valence-electron chi connectivity index (χ1n) is 6.01. The summed E-state index contributed by atoms with van der Waals surface area (Å²) in [6.07, 6.45) is 4.04. The Hall–Kier alpha value is -0.0800. The van der Waals surface area contributed by atoms with Crippen LogP contribution < -0.4 is 5.73 Å². The van der Waals surface area contributed by atoms with Crippen molar-refractivity contribution in [1.82, 2.24) is 4.90 Å². The van der Waals surface area contributed by atoms with E-state index in [1.54, 1.807) is 0 Å². The molecule has 0 bridgehead atoms. The minimum atomic E-state index is 0.424. The van der Waals surface area contributed by atoms with Gasteiger partial charge >= 0.3 is 0 Å². The summed E-state index contributed by atoms with van der Waals surface area (Å²) in [5.41, 5.74) is 6.73. The van der Waals surface area contributed by atoms with Gasteiger partial charge in [-0.15, -0.1) is 0 Å². The van der Waals surface area contributed by atoms with Gasteiger partial charge < -0.3 is 5.73 Å². The zero-order valence-electron chi connectivity index (χ0n) is 9.79. The Labute approximate surface area is 87.8 Å². The van der Waals surface area contributed by atoms with E-state index >= 15 is 0 Å². The van der Waals surface area contributed by atoms with Gasteiger partial charge in [0.05, 0.1) is 0 Å². The van der Waals surface area contributed by atoms with Crippen LogP contribution in [0.4, 0.5) is 0 Å². The molecule has 3 atom stereocenters. The zero-order chi connectivity index (χ0) is 10.3. The third kappa shape index (κ3) is 1.96. The second kappa shape index (κ2) is 3.49. The molecule has 2 aliphatic rings. The van der Waals surface area contributed by atoms with Crippen LogP contribution in [0.1, 0.15) is 40.0 Å². The van der Waals surface area contributed by atoms with Gasteiger partial charge in [0.1, 0.15) is 0 Å². The Balaban J connectivity index is 1.92. The van der Waals surface area contributed by atoms with Crippen molar-refractivity contribution in [2.45, 2.75) is 52.1 Å². The average Bonchev–Trinajstić information content (AvgIpc) is 2.86. The molecule has 1 aliphatic heterocycles. The van der Waals surface area contributed by atoms with Gasteiger partial charge in [-0.25, -0.2) is 0 Å². The molecule has 1 saturated heterocycles. The van der Waals surface area contributed by atoms with E-state index in [4.69, 9.17) is 5.73 Å². The van der Waals surface area contributed by atoms with Gasteiger partial charge in [-0.3, -0.25) is 4.90 Å². The van der Waals surface area contributed by atoms with Gasteiger partial charge in [0.2, 0.25) is 0 Å². The molecule has 1 aliphatic carbocycles. The summed E-state index contributed by atoms with van der Waals surface area (Å²) >= 11 is 0. The van der Waals surface area contributed by atoms with Gasteiger partial charge in [0.25, 0.3) is 0 Å². The van der Waals surface area contributed by atoms with E-state index in [-0.39, 0.29) is 0 Å². The molecule has 1 heterocycles. The third-order valence-electron chi connectivity index (χ3n) is 4.45. The number of nitrogens with two attached hydrogens (primary N) is 1. The molecule has 2 fully saturated rings. The summed E-state index contributed by atoms with van der Waals surface area (Å²) in [7, 11) is 0. The molecule has 0 aromatic rings. The largest absolute Gasteiger partial charge is 0.327 e. The highest BCUT2D eigenvalue weighted by Crippen LogP contribution is 2.46. The van der Waals surface area contributed by atoms with Gasteiger partial charge in [-0.1, -0.05) is 13.8 Å². The summed E-state index contributed by atoms with van der Waals surface area (Å²) in [5.74, 6) is 0.658. The highest BCUT2D eigenvalue weighted by atomic mass is 15.2. The fourth-order valence-corrected chi connectivity index (χ4v) is 2.56. The van der Waals surface area contributed by atoms with Gasteiger partial charge in [-0.2, -0.15) is 0 Å². The summed E-state index contributed by atoms with van der Waals surface area (Å²) < 4.78 is 0. The van der Waals surface area contributed by atoms with Gasteiger partial charge in [0, 0.05) is 18.6 Å². The number of hydrogen-bond donors (Lipinski definition) is 1. The smallest absolute Gasteiger partial charge is 0.0108 e. The van der Waals surface area contributed by atoms with E-state index in [1.807, 2.05) is 0 Å². The molecule has 2 nitrogen and oxygen atoms in total. The van der Waals surface area contributed by atoms with Crippen molar-refractivity contribution < 1.29 is 0 Å². The SMILES string of the molecule is CC1C(N)CCN(CC2(C)CC2)C1C. The molecule has 2 N–H and O–H groups in total. The second-order valence-electron chi connectivity index (χ2n) is 5.83. The predicted molar refractivity (Wildman–Crippen MR) is 60.1 cm³/mol. The first-order valence-corrected chi connectivity index (χ1v) is 6.01. The first-order chi connectivity index (χ1) is 6.52. The Morgan fingerprint density at radius 2 is 2.00 bits per heavy atom. The summed E-state index contributed by atoms with van der Waals surface area (Å²) in [6, 6.07) is 1.10. The molecule has 0 radical (unpaired) electrons. The summed E-state index contributed by atoms with van der Waals surface area (Å²) in [6.45, 7) is 9.57. The Morgan fingerprint density at radius 3 is 2.57 bits per heavy atom. The Bertz CT molecular complexity index is 210. The second-order valence-corrected chi connectivity index (χ2v) is 5.83. The number of rotatable bonds is 2. The van der Waals surface area contributed by atoms with Crippen molar-refractivity contribution in [1.29, 1.82) is 0 Å². The maximum absolute atomic E-state index is 6.08. The highest BCUT2D eigenvalue weighted by molar-refractivity contribution is 4.95. The van der Waals surface area contributed by atoms with Crippen LogP contribution in [0.15, 0.2) is 0 Å². The standard InChI is InChI=1S/C12H24N2/c1-9-10(2)14(7-4-11(9)13)8-12(3)5-6-12/h9-11H,4-8,13H2,1-3H3. The van der Waals surface area contributed by atoms with Crippen LogP contribution in [0.3, 0.4) is 0 Å². The lowest BCUT2D eigenvalue weighted by molar-refractivity contribution is 0.0798. The van der Waals surface area contributed by atoms with E-state index in [0.29, 0.717) is 23.4 Å². The molecule has 1 saturated carbocycles. The van der Waals surface area contributed by atoms with Crippen LogP contribution in [0.25, 0.3) is 0 Å². The van der Waals surface area contributed by atoms with Crippen molar-refractivity contribution in [2.75, 3.05) is 13.1 Å². The normalized spacial score (nSPS) is 42.4. The minimum Gasteiger partial charge on any atom is -0.327 e. The maximum atomic E-state index is 6.08. The van der Waals surface area contributed by atoms with Crippen molar-refractivity contribution in [3.05, 3.63) is 0 Å². The van der Waals surface area contributed by atoms with Crippen molar-refractivity contribution >= 4 is 0 Å². The van der Waals surface area contributed by atoms with E-state index in [0.717, 1.165) is 0 Å². The minimum absolute atomic E-state index is 0.424. The third-order valence-corrected chi connectivity index (χ3v) is 4.45. The quantitative estimate of drug-likeness (QED) is 0.730. The molecule has 2 heteroatoms. The zero-order valence-corrected chi connectivity index (χ0v) is 9.79. The Morgan fingerprint density at radius 1 is 1.36 bits per heavy atom. The monoisotopic (exact) mass is 196 g/mol. The lowest BCUT2D eigenvalue weighted by Gasteiger charge is -2.42. The first kappa shape index (κ1) is 10.4. The molecule has 3 unspecified atom stereocenters. The Kier molecular flexibility index (Phi) is 2.61. The fourth-order valence-electron chi connectivity index (χ4n) is 2.56. The number of likely N-dealkylation sites (tertiary alicyclic amines) is 1. The molecule has 2 rings (SSSR count). The number of nitrogens with zero attached hydrogens (tertiary/aromatic N) is 1. The van der Waals surface area contributed by atoms with Crippen molar-refractivity contribution in [2.24, 2.45) is 17.1 Å². The van der Waals surface area contributed by atoms with E-state index in [9.17, 15) is 0 Å². The van der Waals surface area contributed by atoms with Crippen LogP contribution in [-0.2, 0) is 0 Å². The lowest BCUT2D eigenvalue weighted by Crippen LogP contribution is -2.52. The summed E-state index contributed by atoms with van der Waals surface area (Å²) in [4.78, 5) is 2.65. The van der Waals surface area contributed by atoms with Crippen LogP contribution in [0, 0.1) is 11.3 Å². The van der Waals surface area contributed by atoms with E-state index < -0.39 is 0 Å². The van der Waals surface area contributed by atoms with Crippen LogP contribution >= 0.6 is 0 Å². The average molecular weight is 196 g/mol. The molecule has 0 aromatic heterocycles. The van der Waals surface area contributed by atoms with Crippen LogP contribution in [-0.4, -0.2) is 30.1 Å². The molecular formula is C12H24N2. The number of hydrogen-bond acceptors (Lipinski definition) is 2. The molecule has 0 aromatic carbocycles. The van der Waals surface area contributed by atoms with Crippen LogP contribution in [0.2, 0.25) is 0 Å². The summed E-state index contributed by atoms with van der Waals surface area (Å²) in [5, 5.41) is 0.